The van der Waals surface area contributed by atoms with Crippen molar-refractivity contribution in [3.05, 3.63) is 59.7 Å². The third-order valence-corrected chi connectivity index (χ3v) is 5.79. The van der Waals surface area contributed by atoms with E-state index in [2.05, 4.69) is 35.0 Å². The first kappa shape index (κ1) is 26.3. The van der Waals surface area contributed by atoms with Crippen LogP contribution in [0.15, 0.2) is 54.1 Å². The third kappa shape index (κ3) is 9.40. The number of rotatable bonds is 6. The highest BCUT2D eigenvalue weighted by Crippen LogP contribution is 2.14. The summed E-state index contributed by atoms with van der Waals surface area (Å²) >= 11 is 2.94. The lowest BCUT2D eigenvalue weighted by Gasteiger charge is -2.28. The molecule has 0 aromatic heterocycles. The molecule has 1 heterocycles. The van der Waals surface area contributed by atoms with Crippen LogP contribution in [0.25, 0.3) is 0 Å². The van der Waals surface area contributed by atoms with Crippen LogP contribution in [0.3, 0.4) is 0 Å². The van der Waals surface area contributed by atoms with Crippen LogP contribution >= 0.6 is 15.9 Å². The van der Waals surface area contributed by atoms with E-state index in [4.69, 9.17) is 5.11 Å². The molecular formula is C25H37BrNO3+. The molecule has 1 aromatic rings. The highest BCUT2D eigenvalue weighted by molar-refractivity contribution is 9.08. The fraction of sp³-hybridized carbons (Fsp3) is 0.520. The zero-order valence-electron chi connectivity index (χ0n) is 18.6. The summed E-state index contributed by atoms with van der Waals surface area (Å²) < 4.78 is 0. The minimum atomic E-state index is -0.781. The monoisotopic (exact) mass is 478 g/mol. The van der Waals surface area contributed by atoms with Crippen molar-refractivity contribution >= 4 is 27.7 Å². The Balaban J connectivity index is 0.000000300. The standard InChI is InChI=1S/C15H23NO.C9H10O2.CH3Br/c1-2-13-8-10-16(11-9-13)12-15(17)14-6-4-3-5-7-14;1-7(9(10)11)8-5-3-2-4-6-8;1-2/h4,6-7,13H,2-3,5,8-12H2,1H3;2-7H,1H3,(H,10,11);1H3/p+1. The molecular weight excluding hydrogens is 442 g/mol. The molecule has 1 aliphatic carbocycles. The van der Waals surface area contributed by atoms with Crippen molar-refractivity contribution in [2.75, 3.05) is 25.5 Å². The molecule has 1 unspecified atom stereocenters. The molecule has 1 aliphatic heterocycles. The minimum Gasteiger partial charge on any atom is -0.481 e. The van der Waals surface area contributed by atoms with E-state index in [0.29, 0.717) is 12.3 Å². The fourth-order valence-corrected chi connectivity index (χ4v) is 3.70. The predicted molar refractivity (Wildman–Crippen MR) is 127 cm³/mol. The van der Waals surface area contributed by atoms with Gasteiger partial charge in [-0.05, 0) is 49.9 Å². The normalized spacial score (nSPS) is 21.1. The third-order valence-electron chi connectivity index (χ3n) is 5.79. The lowest BCUT2D eigenvalue weighted by molar-refractivity contribution is -0.898. The van der Waals surface area contributed by atoms with E-state index in [1.807, 2.05) is 42.2 Å². The van der Waals surface area contributed by atoms with E-state index in [1.165, 1.54) is 37.3 Å². The number of Topliss-reactive ketones (excluding diaryl/α,β-unsaturated/α-hetero) is 1. The average Bonchev–Trinajstić information content (AvgIpc) is 2.82. The van der Waals surface area contributed by atoms with Crippen LogP contribution in [0.4, 0.5) is 0 Å². The number of quaternary nitrogens is 1. The molecule has 166 valence electrons. The summed E-state index contributed by atoms with van der Waals surface area (Å²) in [6.07, 6.45) is 12.2. The topological polar surface area (TPSA) is 58.8 Å². The van der Waals surface area contributed by atoms with E-state index in [0.717, 1.165) is 29.9 Å². The minimum absolute atomic E-state index is 0.339. The van der Waals surface area contributed by atoms with E-state index < -0.39 is 11.9 Å². The van der Waals surface area contributed by atoms with Crippen molar-refractivity contribution in [3.8, 4) is 0 Å². The number of likely N-dealkylation sites (tertiary alicyclic amines) is 1. The lowest BCUT2D eigenvalue weighted by Crippen LogP contribution is -3.14. The summed E-state index contributed by atoms with van der Waals surface area (Å²) in [6, 6.07) is 9.19. The van der Waals surface area contributed by atoms with Gasteiger partial charge < -0.3 is 10.0 Å². The highest BCUT2D eigenvalue weighted by atomic mass is 79.9. The number of hydrogen-bond acceptors (Lipinski definition) is 2. The van der Waals surface area contributed by atoms with Gasteiger partial charge in [0.05, 0.1) is 19.0 Å². The van der Waals surface area contributed by atoms with Crippen LogP contribution in [0.1, 0.15) is 57.4 Å². The van der Waals surface area contributed by atoms with E-state index in [1.54, 1.807) is 6.92 Å². The predicted octanol–water partition coefficient (Wildman–Crippen LogP) is 4.42. The van der Waals surface area contributed by atoms with Gasteiger partial charge in [-0.1, -0.05) is 77.8 Å². The van der Waals surface area contributed by atoms with Gasteiger partial charge in [-0.3, -0.25) is 9.59 Å². The first-order valence-corrected chi connectivity index (χ1v) is 12.5. The molecule has 0 amide bonds. The Bertz CT molecular complexity index is 692. The maximum Gasteiger partial charge on any atom is 0.310 e. The number of carboxylic acid groups (broad SMARTS) is 1. The second kappa shape index (κ2) is 15.1. The second-order valence-electron chi connectivity index (χ2n) is 7.81. The molecule has 1 aromatic carbocycles. The summed E-state index contributed by atoms with van der Waals surface area (Å²) in [5, 5.41) is 8.64. The summed E-state index contributed by atoms with van der Waals surface area (Å²) in [4.78, 5) is 24.1. The summed E-state index contributed by atoms with van der Waals surface area (Å²) in [5.74, 6) is 1.87. The molecule has 4 nitrogen and oxygen atoms in total. The molecule has 1 atom stereocenters. The molecule has 2 aliphatic rings. The molecule has 0 saturated carbocycles. The summed E-state index contributed by atoms with van der Waals surface area (Å²) in [7, 11) is 0. The molecule has 30 heavy (non-hydrogen) atoms. The Morgan fingerprint density at radius 1 is 1.13 bits per heavy atom. The van der Waals surface area contributed by atoms with Gasteiger partial charge in [-0.15, -0.1) is 0 Å². The van der Waals surface area contributed by atoms with Crippen LogP contribution < -0.4 is 4.90 Å². The number of aliphatic carboxylic acids is 1. The SMILES string of the molecule is CBr.CC(C(=O)O)c1ccccc1.CCC1CC[NH+](CC(=O)C2=CCCC=C2)CC1. The number of halogens is 1. The van der Waals surface area contributed by atoms with Crippen molar-refractivity contribution in [2.45, 2.75) is 51.9 Å². The number of carbonyl (C=O) groups is 2. The molecule has 0 radical (unpaired) electrons. The smallest absolute Gasteiger partial charge is 0.310 e. The van der Waals surface area contributed by atoms with Crippen LogP contribution in [0.5, 0.6) is 0 Å². The van der Waals surface area contributed by atoms with Gasteiger partial charge in [0.25, 0.3) is 0 Å². The van der Waals surface area contributed by atoms with Gasteiger partial charge in [0, 0.05) is 5.57 Å². The van der Waals surface area contributed by atoms with Crippen molar-refractivity contribution in [2.24, 2.45) is 5.92 Å². The number of allylic oxidation sites excluding steroid dienone is 3. The molecule has 2 N–H and O–H groups in total. The maximum atomic E-state index is 12.1. The number of hydrogen-bond donors (Lipinski definition) is 2. The van der Waals surface area contributed by atoms with Crippen LogP contribution in [0, 0.1) is 5.92 Å². The first-order valence-electron chi connectivity index (χ1n) is 10.9. The van der Waals surface area contributed by atoms with E-state index >= 15 is 0 Å². The molecule has 3 rings (SSSR count). The van der Waals surface area contributed by atoms with Crippen LogP contribution in [-0.4, -0.2) is 42.3 Å². The van der Waals surface area contributed by atoms with Gasteiger partial charge in [-0.25, -0.2) is 0 Å². The average molecular weight is 479 g/mol. The largest absolute Gasteiger partial charge is 0.481 e. The Hall–Kier alpha value is -1.72. The van der Waals surface area contributed by atoms with Gasteiger partial charge in [0.2, 0.25) is 5.78 Å². The zero-order chi connectivity index (χ0) is 22.4. The van der Waals surface area contributed by atoms with Crippen molar-refractivity contribution in [3.63, 3.8) is 0 Å². The summed E-state index contributed by atoms with van der Waals surface area (Å²) in [5.41, 5.74) is 1.79. The number of piperidine rings is 1. The maximum absolute atomic E-state index is 12.1. The Morgan fingerprint density at radius 2 is 1.77 bits per heavy atom. The van der Waals surface area contributed by atoms with Gasteiger partial charge in [-0.2, -0.15) is 0 Å². The summed E-state index contributed by atoms with van der Waals surface area (Å²) in [6.45, 7) is 7.02. The van der Waals surface area contributed by atoms with Crippen LogP contribution in [-0.2, 0) is 9.59 Å². The highest BCUT2D eigenvalue weighted by Gasteiger charge is 2.23. The Kier molecular flexibility index (Phi) is 13.3. The quantitative estimate of drug-likeness (QED) is 0.594. The number of benzene rings is 1. The number of alkyl halides is 1. The number of carbonyl (C=O) groups excluding carboxylic acids is 1. The van der Waals surface area contributed by atoms with E-state index in [9.17, 15) is 9.59 Å². The van der Waals surface area contributed by atoms with Crippen molar-refractivity contribution in [1.82, 2.24) is 0 Å². The molecule has 5 heteroatoms. The number of carboxylic acids is 1. The van der Waals surface area contributed by atoms with E-state index in [-0.39, 0.29) is 0 Å². The lowest BCUT2D eigenvalue weighted by atomic mass is 9.94. The first-order chi connectivity index (χ1) is 14.5. The number of ketones is 1. The molecule has 0 bridgehead atoms. The Morgan fingerprint density at radius 3 is 2.27 bits per heavy atom. The fourth-order valence-electron chi connectivity index (χ4n) is 3.70. The van der Waals surface area contributed by atoms with Crippen molar-refractivity contribution < 1.29 is 19.6 Å². The van der Waals surface area contributed by atoms with Gasteiger partial charge >= 0.3 is 5.97 Å². The van der Waals surface area contributed by atoms with Gasteiger partial charge in [0.1, 0.15) is 6.54 Å². The molecule has 1 saturated heterocycles. The Labute approximate surface area is 190 Å². The zero-order valence-corrected chi connectivity index (χ0v) is 20.2. The number of nitrogens with one attached hydrogen (secondary N) is 1. The van der Waals surface area contributed by atoms with Crippen molar-refractivity contribution in [1.29, 1.82) is 0 Å². The second-order valence-corrected chi connectivity index (χ2v) is 7.81. The van der Waals surface area contributed by atoms with Gasteiger partial charge in [0.15, 0.2) is 0 Å². The molecule has 1 fully saturated rings. The molecule has 0 spiro atoms. The van der Waals surface area contributed by atoms with Crippen LogP contribution in [0.2, 0.25) is 0 Å².